The summed E-state index contributed by atoms with van der Waals surface area (Å²) in [7, 11) is 0. The van der Waals surface area contributed by atoms with Crippen LogP contribution in [0.3, 0.4) is 0 Å². The first-order valence-electron chi connectivity index (χ1n) is 6.45. The van der Waals surface area contributed by atoms with E-state index in [1.54, 1.807) is 0 Å². The fourth-order valence-corrected chi connectivity index (χ4v) is 1.94. The Balaban J connectivity index is 2.11. The van der Waals surface area contributed by atoms with Gasteiger partial charge in [-0.25, -0.2) is 0 Å². The Morgan fingerprint density at radius 1 is 1.29 bits per heavy atom. The first kappa shape index (κ1) is 14.5. The summed E-state index contributed by atoms with van der Waals surface area (Å²) >= 11 is 0. The van der Waals surface area contributed by atoms with Gasteiger partial charge >= 0.3 is 0 Å². The van der Waals surface area contributed by atoms with E-state index in [9.17, 15) is 9.90 Å². The van der Waals surface area contributed by atoms with Crippen LogP contribution in [0.2, 0.25) is 0 Å². The van der Waals surface area contributed by atoms with Crippen LogP contribution in [-0.2, 0) is 9.53 Å². The summed E-state index contributed by atoms with van der Waals surface area (Å²) in [5.41, 5.74) is -0.272. The summed E-state index contributed by atoms with van der Waals surface area (Å²) in [6, 6.07) is 0. The van der Waals surface area contributed by atoms with E-state index in [0.29, 0.717) is 12.5 Å². The molecule has 0 saturated heterocycles. The largest absolute Gasteiger partial charge is 0.393 e. The average molecular weight is 243 g/mol. The summed E-state index contributed by atoms with van der Waals surface area (Å²) in [4.78, 5) is 11.5. The van der Waals surface area contributed by atoms with Crippen molar-refractivity contribution in [2.75, 3.05) is 13.2 Å². The minimum Gasteiger partial charge on any atom is -0.393 e. The van der Waals surface area contributed by atoms with E-state index in [1.165, 1.54) is 0 Å². The summed E-state index contributed by atoms with van der Waals surface area (Å²) in [6.07, 6.45) is 3.59. The lowest BCUT2D eigenvalue weighted by atomic mass is 9.87. The average Bonchev–Trinajstić information content (AvgIpc) is 2.25. The molecule has 17 heavy (non-hydrogen) atoms. The summed E-state index contributed by atoms with van der Waals surface area (Å²) in [5, 5.41) is 12.3. The highest BCUT2D eigenvalue weighted by Crippen LogP contribution is 2.23. The van der Waals surface area contributed by atoms with Crippen LogP contribution in [0.1, 0.15) is 46.5 Å². The highest BCUT2D eigenvalue weighted by molar-refractivity contribution is 5.77. The van der Waals surface area contributed by atoms with Crippen LogP contribution in [0.4, 0.5) is 0 Å². The third kappa shape index (κ3) is 6.64. The fourth-order valence-electron chi connectivity index (χ4n) is 1.94. The molecule has 0 aromatic heterocycles. The van der Waals surface area contributed by atoms with Crippen LogP contribution in [0.5, 0.6) is 0 Å². The Morgan fingerprint density at radius 3 is 2.41 bits per heavy atom. The van der Waals surface area contributed by atoms with E-state index >= 15 is 0 Å². The van der Waals surface area contributed by atoms with Crippen LogP contribution in [0.15, 0.2) is 0 Å². The van der Waals surface area contributed by atoms with Gasteiger partial charge < -0.3 is 15.2 Å². The lowest BCUT2D eigenvalue weighted by Crippen LogP contribution is -2.36. The number of aliphatic hydroxyl groups excluding tert-OH is 1. The number of ether oxygens (including phenoxy) is 1. The number of carbonyl (C=O) groups is 1. The minimum atomic E-state index is -0.272. The number of hydrogen-bond acceptors (Lipinski definition) is 3. The van der Waals surface area contributed by atoms with Gasteiger partial charge in [0, 0.05) is 6.54 Å². The molecule has 1 amide bonds. The normalized spacial score (nSPS) is 25.6. The van der Waals surface area contributed by atoms with E-state index in [-0.39, 0.29) is 24.2 Å². The summed E-state index contributed by atoms with van der Waals surface area (Å²) in [5.74, 6) is 0.461. The molecule has 1 fully saturated rings. The topological polar surface area (TPSA) is 58.6 Å². The van der Waals surface area contributed by atoms with Crippen molar-refractivity contribution in [3.05, 3.63) is 0 Å². The van der Waals surface area contributed by atoms with E-state index in [2.05, 4.69) is 5.32 Å². The van der Waals surface area contributed by atoms with Gasteiger partial charge in [0.25, 0.3) is 0 Å². The van der Waals surface area contributed by atoms with Crippen molar-refractivity contribution in [1.29, 1.82) is 0 Å². The number of rotatable bonds is 4. The molecule has 4 heteroatoms. The molecule has 0 heterocycles. The second-order valence-corrected chi connectivity index (χ2v) is 5.88. The third-order valence-electron chi connectivity index (χ3n) is 3.04. The Hall–Kier alpha value is -0.610. The van der Waals surface area contributed by atoms with Crippen molar-refractivity contribution in [2.24, 2.45) is 5.92 Å². The number of nitrogens with one attached hydrogen (secondary N) is 1. The van der Waals surface area contributed by atoms with Crippen LogP contribution < -0.4 is 5.32 Å². The Bertz CT molecular complexity index is 240. The van der Waals surface area contributed by atoms with E-state index in [0.717, 1.165) is 25.7 Å². The van der Waals surface area contributed by atoms with Gasteiger partial charge in [-0.2, -0.15) is 0 Å². The molecule has 0 aromatic rings. The monoisotopic (exact) mass is 243 g/mol. The van der Waals surface area contributed by atoms with Crippen molar-refractivity contribution >= 4 is 5.91 Å². The van der Waals surface area contributed by atoms with Gasteiger partial charge in [-0.05, 0) is 52.4 Å². The minimum absolute atomic E-state index is 0.0500. The first-order chi connectivity index (χ1) is 7.87. The SMILES string of the molecule is CC(C)(C)OCC(=O)NCC1CCC(O)CC1. The molecule has 0 unspecified atom stereocenters. The van der Waals surface area contributed by atoms with Gasteiger partial charge in [-0.3, -0.25) is 4.79 Å². The molecule has 0 bridgehead atoms. The van der Waals surface area contributed by atoms with Gasteiger partial charge in [0.2, 0.25) is 5.91 Å². The lowest BCUT2D eigenvalue weighted by Gasteiger charge is -2.25. The zero-order chi connectivity index (χ0) is 12.9. The molecule has 0 aromatic carbocycles. The van der Waals surface area contributed by atoms with Crippen LogP contribution in [-0.4, -0.2) is 35.9 Å². The smallest absolute Gasteiger partial charge is 0.246 e. The van der Waals surface area contributed by atoms with Gasteiger partial charge in [-0.1, -0.05) is 0 Å². The molecule has 1 saturated carbocycles. The van der Waals surface area contributed by atoms with E-state index in [4.69, 9.17) is 4.74 Å². The number of hydrogen-bond donors (Lipinski definition) is 2. The van der Waals surface area contributed by atoms with E-state index < -0.39 is 0 Å². The van der Waals surface area contributed by atoms with Crippen molar-refractivity contribution < 1.29 is 14.6 Å². The number of amides is 1. The predicted molar refractivity (Wildman–Crippen MR) is 66.7 cm³/mol. The zero-order valence-corrected chi connectivity index (χ0v) is 11.2. The molecule has 1 rings (SSSR count). The fraction of sp³-hybridized carbons (Fsp3) is 0.923. The highest BCUT2D eigenvalue weighted by atomic mass is 16.5. The first-order valence-corrected chi connectivity index (χ1v) is 6.45. The molecule has 2 N–H and O–H groups in total. The zero-order valence-electron chi connectivity index (χ0n) is 11.2. The molecule has 0 radical (unpaired) electrons. The quantitative estimate of drug-likeness (QED) is 0.786. The molecule has 4 nitrogen and oxygen atoms in total. The van der Waals surface area contributed by atoms with Gasteiger partial charge in [0.05, 0.1) is 11.7 Å². The maximum atomic E-state index is 11.5. The van der Waals surface area contributed by atoms with Crippen molar-refractivity contribution in [1.82, 2.24) is 5.32 Å². The number of aliphatic hydroxyl groups is 1. The summed E-state index contributed by atoms with van der Waals surface area (Å²) < 4.78 is 5.40. The Labute approximate surface area is 104 Å². The van der Waals surface area contributed by atoms with Crippen molar-refractivity contribution in [3.63, 3.8) is 0 Å². The molecular weight excluding hydrogens is 218 g/mol. The third-order valence-corrected chi connectivity index (χ3v) is 3.04. The second kappa shape index (κ2) is 6.36. The molecule has 1 aliphatic rings. The standard InChI is InChI=1S/C13H25NO3/c1-13(2,3)17-9-12(16)14-8-10-4-6-11(15)7-5-10/h10-11,15H,4-9H2,1-3H3,(H,14,16). The molecular formula is C13H25NO3. The van der Waals surface area contributed by atoms with Crippen molar-refractivity contribution in [3.8, 4) is 0 Å². The Morgan fingerprint density at radius 2 is 1.88 bits per heavy atom. The van der Waals surface area contributed by atoms with E-state index in [1.807, 2.05) is 20.8 Å². The molecule has 0 spiro atoms. The Kier molecular flexibility index (Phi) is 5.40. The summed E-state index contributed by atoms with van der Waals surface area (Å²) in [6.45, 7) is 6.63. The lowest BCUT2D eigenvalue weighted by molar-refractivity contribution is -0.130. The molecule has 0 atom stereocenters. The van der Waals surface area contributed by atoms with Gasteiger partial charge in [0.15, 0.2) is 0 Å². The maximum Gasteiger partial charge on any atom is 0.246 e. The number of carbonyl (C=O) groups excluding carboxylic acids is 1. The molecule has 0 aliphatic heterocycles. The van der Waals surface area contributed by atoms with Crippen LogP contribution in [0, 0.1) is 5.92 Å². The van der Waals surface area contributed by atoms with Crippen molar-refractivity contribution in [2.45, 2.75) is 58.2 Å². The highest BCUT2D eigenvalue weighted by Gasteiger charge is 2.20. The molecule has 100 valence electrons. The predicted octanol–water partition coefficient (Wildman–Crippen LogP) is 1.47. The van der Waals surface area contributed by atoms with Crippen LogP contribution in [0.25, 0.3) is 0 Å². The maximum absolute atomic E-state index is 11.5. The van der Waals surface area contributed by atoms with Gasteiger partial charge in [0.1, 0.15) is 6.61 Å². The van der Waals surface area contributed by atoms with Gasteiger partial charge in [-0.15, -0.1) is 0 Å². The molecule has 1 aliphatic carbocycles. The second-order valence-electron chi connectivity index (χ2n) is 5.88. The van der Waals surface area contributed by atoms with Crippen LogP contribution >= 0.6 is 0 Å².